The van der Waals surface area contributed by atoms with Crippen LogP contribution in [0.3, 0.4) is 0 Å². The molecule has 3 nitrogen and oxygen atoms in total. The van der Waals surface area contributed by atoms with E-state index in [4.69, 9.17) is 0 Å². The molecule has 0 N–H and O–H groups in total. The van der Waals surface area contributed by atoms with Gasteiger partial charge < -0.3 is 0 Å². The van der Waals surface area contributed by atoms with E-state index in [1.807, 2.05) is 6.92 Å². The third kappa shape index (κ3) is 8.98. The van der Waals surface area contributed by atoms with E-state index in [0.29, 0.717) is 6.42 Å². The molecule has 0 saturated carbocycles. The van der Waals surface area contributed by atoms with Gasteiger partial charge in [-0.15, -0.1) is 11.1 Å². The molecule has 0 fully saturated rings. The Hall–Kier alpha value is -2.36. The van der Waals surface area contributed by atoms with Crippen LogP contribution in [-0.2, 0) is 10.0 Å². The minimum absolute atomic E-state index is 0.176. The second kappa shape index (κ2) is 14.9. The SMILES string of the molecule is CC[Si](C#CC#CCCN(C#CC#C[Si](CC)(CC)CC)S(=O)(=O)c1ccc(C)cc1)(CC)CC. The number of rotatable bonds is 10. The summed E-state index contributed by atoms with van der Waals surface area (Å²) in [5.74, 6) is 14.8. The molecule has 0 aliphatic carbocycles. The van der Waals surface area contributed by atoms with Gasteiger partial charge in [-0.05, 0) is 73.1 Å². The van der Waals surface area contributed by atoms with Gasteiger partial charge in [-0.25, -0.2) is 12.7 Å². The van der Waals surface area contributed by atoms with Crippen molar-refractivity contribution in [3.63, 3.8) is 0 Å². The van der Waals surface area contributed by atoms with Gasteiger partial charge in [0.2, 0.25) is 0 Å². The topological polar surface area (TPSA) is 37.4 Å². The second-order valence-corrected chi connectivity index (χ2v) is 20.6. The van der Waals surface area contributed by atoms with E-state index in [1.165, 1.54) is 4.31 Å². The molecule has 0 atom stereocenters. The van der Waals surface area contributed by atoms with E-state index in [-0.39, 0.29) is 11.4 Å². The van der Waals surface area contributed by atoms with E-state index in [1.54, 1.807) is 24.3 Å². The molecular weight excluding hydrogens is 483 g/mol. The van der Waals surface area contributed by atoms with Crippen LogP contribution >= 0.6 is 0 Å². The van der Waals surface area contributed by atoms with Crippen LogP contribution in [0.5, 0.6) is 0 Å². The Morgan fingerprint density at radius 1 is 0.714 bits per heavy atom. The van der Waals surface area contributed by atoms with Crippen molar-refractivity contribution < 1.29 is 8.42 Å². The van der Waals surface area contributed by atoms with Crippen molar-refractivity contribution in [1.82, 2.24) is 4.31 Å². The Morgan fingerprint density at radius 3 is 1.63 bits per heavy atom. The first-order chi connectivity index (χ1) is 16.7. The average molecular weight is 524 g/mol. The number of sulfonamides is 1. The van der Waals surface area contributed by atoms with Crippen molar-refractivity contribution in [2.24, 2.45) is 0 Å². The zero-order valence-electron chi connectivity index (χ0n) is 22.6. The van der Waals surface area contributed by atoms with Gasteiger partial charge in [0.25, 0.3) is 10.0 Å². The van der Waals surface area contributed by atoms with Crippen LogP contribution in [0.25, 0.3) is 0 Å². The molecule has 0 bridgehead atoms. The van der Waals surface area contributed by atoms with Gasteiger partial charge >= 0.3 is 0 Å². The highest BCUT2D eigenvalue weighted by atomic mass is 32.2. The van der Waals surface area contributed by atoms with Crippen molar-refractivity contribution in [1.29, 1.82) is 0 Å². The van der Waals surface area contributed by atoms with E-state index >= 15 is 0 Å². The van der Waals surface area contributed by atoms with Crippen LogP contribution in [0.2, 0.25) is 36.3 Å². The third-order valence-electron chi connectivity index (χ3n) is 7.16. The Bertz CT molecular complexity index is 1150. The molecule has 1 aromatic rings. The van der Waals surface area contributed by atoms with Crippen molar-refractivity contribution in [2.45, 2.75) is 96.0 Å². The maximum atomic E-state index is 13.3. The Kier molecular flexibility index (Phi) is 13.1. The molecule has 1 aromatic carbocycles. The van der Waals surface area contributed by atoms with E-state index < -0.39 is 26.2 Å². The van der Waals surface area contributed by atoms with Gasteiger partial charge in [-0.3, -0.25) is 0 Å². The van der Waals surface area contributed by atoms with Gasteiger partial charge in [0.1, 0.15) is 16.1 Å². The molecule has 0 aromatic heterocycles. The first-order valence-electron chi connectivity index (χ1n) is 12.8. The third-order valence-corrected chi connectivity index (χ3v) is 18.3. The number of aryl methyl sites for hydroxylation is 1. The van der Waals surface area contributed by atoms with Crippen LogP contribution in [-0.4, -0.2) is 35.4 Å². The molecule has 0 saturated heterocycles. The van der Waals surface area contributed by atoms with Crippen molar-refractivity contribution in [3.05, 3.63) is 29.8 Å². The zero-order valence-corrected chi connectivity index (χ0v) is 25.5. The molecule has 6 heteroatoms. The van der Waals surface area contributed by atoms with Gasteiger partial charge in [0.05, 0.1) is 11.4 Å². The summed E-state index contributed by atoms with van der Waals surface area (Å²) in [7, 11) is -6.94. The van der Waals surface area contributed by atoms with Crippen molar-refractivity contribution in [3.8, 4) is 46.7 Å². The summed E-state index contributed by atoms with van der Waals surface area (Å²) in [5, 5.41) is 0. The molecule has 35 heavy (non-hydrogen) atoms. The number of nitrogens with zero attached hydrogens (tertiary/aromatic N) is 1. The predicted octanol–water partition coefficient (Wildman–Crippen LogP) is 6.44. The fourth-order valence-corrected chi connectivity index (χ4v) is 9.73. The van der Waals surface area contributed by atoms with Gasteiger partial charge in [-0.2, -0.15) is 0 Å². The smallest absolute Gasteiger partial charge is 0.223 e. The fraction of sp³-hybridized carbons (Fsp3) is 0.517. The summed E-state index contributed by atoms with van der Waals surface area (Å²) < 4.78 is 27.8. The van der Waals surface area contributed by atoms with Crippen molar-refractivity contribution >= 4 is 26.2 Å². The lowest BCUT2D eigenvalue weighted by Crippen LogP contribution is -2.29. The Balaban J connectivity index is 3.20. The summed E-state index contributed by atoms with van der Waals surface area (Å²) >= 11 is 0. The molecule has 0 aliphatic rings. The minimum atomic E-state index is -3.77. The lowest BCUT2D eigenvalue weighted by Gasteiger charge is -2.19. The lowest BCUT2D eigenvalue weighted by molar-refractivity contribution is 0.516. The highest BCUT2D eigenvalue weighted by Crippen LogP contribution is 2.19. The molecule has 0 spiro atoms. The molecule has 0 amide bonds. The molecule has 1 rings (SSSR count). The first kappa shape index (κ1) is 30.7. The molecule has 0 heterocycles. The minimum Gasteiger partial charge on any atom is -0.223 e. The lowest BCUT2D eigenvalue weighted by atomic mass is 10.2. The quantitative estimate of drug-likeness (QED) is 0.201. The summed E-state index contributed by atoms with van der Waals surface area (Å²) in [6.07, 6.45) is 0.360. The average Bonchev–Trinajstić information content (AvgIpc) is 2.88. The maximum absolute atomic E-state index is 13.3. The molecule has 0 unspecified atom stereocenters. The first-order valence-corrected chi connectivity index (χ1v) is 19.5. The van der Waals surface area contributed by atoms with Gasteiger partial charge in [0, 0.05) is 18.4 Å². The highest BCUT2D eigenvalue weighted by molar-refractivity contribution is 7.89. The van der Waals surface area contributed by atoms with E-state index in [9.17, 15) is 8.42 Å². The zero-order chi connectivity index (χ0) is 26.4. The fourth-order valence-electron chi connectivity index (χ4n) is 3.79. The monoisotopic (exact) mass is 523 g/mol. The summed E-state index contributed by atoms with van der Waals surface area (Å²) in [6.45, 7) is 15.3. The summed E-state index contributed by atoms with van der Waals surface area (Å²) in [4.78, 5) is 0.224. The summed E-state index contributed by atoms with van der Waals surface area (Å²) in [5.41, 5.74) is 7.85. The number of benzene rings is 1. The standard InChI is InChI=1S/C29H41NO2SSi2/c1-8-34(9-2,10-3)26-18-15-14-16-24-30(25-17-19-27-35(11-4,12-5)13-6)33(31,32)29-22-20-28(7)21-23-29/h20-23H,8-13,16,24H2,1-7H3. The molecule has 188 valence electrons. The highest BCUT2D eigenvalue weighted by Gasteiger charge is 2.25. The van der Waals surface area contributed by atoms with Crippen LogP contribution in [0, 0.1) is 53.7 Å². The predicted molar refractivity (Wildman–Crippen MR) is 155 cm³/mol. The van der Waals surface area contributed by atoms with Crippen LogP contribution < -0.4 is 0 Å². The number of hydrogen-bond acceptors (Lipinski definition) is 2. The summed E-state index contributed by atoms with van der Waals surface area (Å²) in [6, 6.07) is 16.3. The maximum Gasteiger partial charge on any atom is 0.271 e. The van der Waals surface area contributed by atoms with Crippen molar-refractivity contribution in [2.75, 3.05) is 6.54 Å². The Labute approximate surface area is 217 Å². The van der Waals surface area contributed by atoms with Crippen LogP contribution in [0.15, 0.2) is 29.2 Å². The normalized spacial score (nSPS) is 10.9. The van der Waals surface area contributed by atoms with E-state index in [0.717, 1.165) is 41.8 Å². The number of hydrogen-bond donors (Lipinski definition) is 0. The van der Waals surface area contributed by atoms with Gasteiger partial charge in [0.15, 0.2) is 0 Å². The van der Waals surface area contributed by atoms with Crippen LogP contribution in [0.1, 0.15) is 53.5 Å². The van der Waals surface area contributed by atoms with E-state index in [2.05, 4.69) is 88.3 Å². The Morgan fingerprint density at radius 2 is 1.17 bits per heavy atom. The molecular formula is C29H41NO2SSi2. The van der Waals surface area contributed by atoms with Gasteiger partial charge in [-0.1, -0.05) is 65.2 Å². The van der Waals surface area contributed by atoms with Crippen LogP contribution in [0.4, 0.5) is 0 Å². The second-order valence-electron chi connectivity index (χ2n) is 8.86. The largest absolute Gasteiger partial charge is 0.271 e. The molecule has 0 radical (unpaired) electrons. The molecule has 0 aliphatic heterocycles.